The Labute approximate surface area is 97.8 Å². The minimum Gasteiger partial charge on any atom is -0.480 e. The average molecular weight is 225 g/mol. The molecule has 3 aliphatic rings. The van der Waals surface area contributed by atoms with E-state index >= 15 is 0 Å². The van der Waals surface area contributed by atoms with E-state index in [2.05, 4.69) is 20.8 Å². The van der Waals surface area contributed by atoms with Gasteiger partial charge in [0.15, 0.2) is 0 Å². The van der Waals surface area contributed by atoms with Gasteiger partial charge < -0.3 is 5.11 Å². The maximum Gasteiger partial charge on any atom is 0.317 e. The van der Waals surface area contributed by atoms with E-state index in [9.17, 15) is 4.79 Å². The van der Waals surface area contributed by atoms with Gasteiger partial charge >= 0.3 is 5.97 Å². The molecule has 0 aromatic carbocycles. The molecule has 3 aliphatic carbocycles. The third-order valence-electron chi connectivity index (χ3n) is 5.26. The SMILES string of the molecule is C[C@H]1C(N(C)CC(=O)O)C[C@@H]2CC1C2(C)C. The first-order chi connectivity index (χ1) is 7.34. The lowest BCUT2D eigenvalue weighted by atomic mass is 9.44. The molecule has 0 aromatic rings. The summed E-state index contributed by atoms with van der Waals surface area (Å²) < 4.78 is 0. The van der Waals surface area contributed by atoms with Gasteiger partial charge in [-0.25, -0.2) is 0 Å². The average Bonchev–Trinajstić information content (AvgIpc) is 2.15. The highest BCUT2D eigenvalue weighted by Gasteiger charge is 2.56. The number of likely N-dealkylation sites (N-methyl/N-ethyl adjacent to an activating group) is 1. The van der Waals surface area contributed by atoms with E-state index < -0.39 is 5.97 Å². The summed E-state index contributed by atoms with van der Waals surface area (Å²) in [6.07, 6.45) is 2.53. The van der Waals surface area contributed by atoms with Crippen molar-refractivity contribution in [1.82, 2.24) is 4.90 Å². The predicted molar refractivity (Wildman–Crippen MR) is 63.2 cm³/mol. The highest BCUT2D eigenvalue weighted by Crippen LogP contribution is 2.61. The zero-order valence-corrected chi connectivity index (χ0v) is 10.7. The van der Waals surface area contributed by atoms with Crippen molar-refractivity contribution in [3.8, 4) is 0 Å². The number of aliphatic carboxylic acids is 1. The van der Waals surface area contributed by atoms with Crippen LogP contribution < -0.4 is 0 Å². The summed E-state index contributed by atoms with van der Waals surface area (Å²) in [6, 6.07) is 0.466. The van der Waals surface area contributed by atoms with Gasteiger partial charge in [-0.15, -0.1) is 0 Å². The summed E-state index contributed by atoms with van der Waals surface area (Å²) in [7, 11) is 1.95. The quantitative estimate of drug-likeness (QED) is 0.799. The van der Waals surface area contributed by atoms with Gasteiger partial charge in [0.25, 0.3) is 0 Å². The predicted octanol–water partition coefficient (Wildman–Crippen LogP) is 2.07. The number of fused-ring (bicyclic) bond motifs is 2. The Morgan fingerprint density at radius 2 is 2.06 bits per heavy atom. The minimum atomic E-state index is -0.715. The molecule has 3 fully saturated rings. The lowest BCUT2D eigenvalue weighted by Crippen LogP contribution is -2.60. The molecule has 3 nitrogen and oxygen atoms in total. The van der Waals surface area contributed by atoms with Crippen molar-refractivity contribution in [3.63, 3.8) is 0 Å². The van der Waals surface area contributed by atoms with Crippen LogP contribution in [0, 0.1) is 23.2 Å². The van der Waals surface area contributed by atoms with Gasteiger partial charge in [0, 0.05) is 6.04 Å². The summed E-state index contributed by atoms with van der Waals surface area (Å²) in [6.45, 7) is 7.21. The van der Waals surface area contributed by atoms with Gasteiger partial charge in [-0.3, -0.25) is 9.69 Å². The number of hydrogen-bond acceptors (Lipinski definition) is 2. The van der Waals surface area contributed by atoms with Crippen molar-refractivity contribution in [3.05, 3.63) is 0 Å². The number of carboxylic acids is 1. The van der Waals surface area contributed by atoms with Crippen LogP contribution in [0.4, 0.5) is 0 Å². The molecule has 0 radical (unpaired) electrons. The van der Waals surface area contributed by atoms with Crippen LogP contribution in [-0.2, 0) is 4.79 Å². The van der Waals surface area contributed by atoms with Crippen LogP contribution >= 0.6 is 0 Å². The Balaban J connectivity index is 2.02. The molecule has 4 atom stereocenters. The molecule has 1 N–H and O–H groups in total. The largest absolute Gasteiger partial charge is 0.480 e. The highest BCUT2D eigenvalue weighted by atomic mass is 16.4. The molecule has 0 spiro atoms. The van der Waals surface area contributed by atoms with Crippen LogP contribution in [0.25, 0.3) is 0 Å². The molecular weight excluding hydrogens is 202 g/mol. The third kappa shape index (κ3) is 1.65. The molecule has 0 saturated heterocycles. The molecule has 16 heavy (non-hydrogen) atoms. The minimum absolute atomic E-state index is 0.175. The molecular formula is C13H23NO2. The molecule has 3 rings (SSSR count). The van der Waals surface area contributed by atoms with E-state index in [1.807, 2.05) is 11.9 Å². The van der Waals surface area contributed by atoms with E-state index in [1.165, 1.54) is 12.8 Å². The van der Waals surface area contributed by atoms with E-state index in [0.717, 1.165) is 11.8 Å². The fraction of sp³-hybridized carbons (Fsp3) is 0.923. The zero-order valence-electron chi connectivity index (χ0n) is 10.7. The van der Waals surface area contributed by atoms with Crippen LogP contribution in [0.2, 0.25) is 0 Å². The normalized spacial score (nSPS) is 40.6. The van der Waals surface area contributed by atoms with Crippen LogP contribution in [0.1, 0.15) is 33.6 Å². The van der Waals surface area contributed by atoms with Gasteiger partial charge in [0.05, 0.1) is 6.54 Å². The first-order valence-electron chi connectivity index (χ1n) is 6.26. The number of carbonyl (C=O) groups is 1. The van der Waals surface area contributed by atoms with Crippen LogP contribution in [0.15, 0.2) is 0 Å². The molecule has 3 saturated carbocycles. The molecule has 0 heterocycles. The standard InChI is InChI=1S/C13H23NO2/c1-8-10-5-9(13(10,2)3)6-11(8)14(4)7-12(15)16/h8-11H,5-7H2,1-4H3,(H,15,16)/t8-,9+,10?,11?/m1/s1. The first-order valence-corrected chi connectivity index (χ1v) is 6.26. The van der Waals surface area contributed by atoms with Crippen LogP contribution in [-0.4, -0.2) is 35.6 Å². The van der Waals surface area contributed by atoms with Crippen molar-refractivity contribution in [2.45, 2.75) is 39.7 Å². The number of hydrogen-bond donors (Lipinski definition) is 1. The lowest BCUT2D eigenvalue weighted by molar-refractivity contribution is -0.149. The van der Waals surface area contributed by atoms with E-state index in [-0.39, 0.29) is 6.54 Å². The summed E-state index contributed by atoms with van der Waals surface area (Å²) in [5.41, 5.74) is 0.486. The van der Waals surface area contributed by atoms with Crippen molar-refractivity contribution in [2.75, 3.05) is 13.6 Å². The Morgan fingerprint density at radius 3 is 2.50 bits per heavy atom. The molecule has 0 amide bonds. The highest BCUT2D eigenvalue weighted by molar-refractivity contribution is 5.69. The Hall–Kier alpha value is -0.570. The molecule has 2 unspecified atom stereocenters. The summed E-state index contributed by atoms with van der Waals surface area (Å²) in [5, 5.41) is 8.84. The van der Waals surface area contributed by atoms with E-state index in [4.69, 9.17) is 5.11 Å². The van der Waals surface area contributed by atoms with Crippen molar-refractivity contribution in [1.29, 1.82) is 0 Å². The third-order valence-corrected chi connectivity index (χ3v) is 5.26. The molecule has 3 heteroatoms. The summed E-state index contributed by atoms with van der Waals surface area (Å²) >= 11 is 0. The molecule has 2 bridgehead atoms. The van der Waals surface area contributed by atoms with Gasteiger partial charge in [0.1, 0.15) is 0 Å². The van der Waals surface area contributed by atoms with Gasteiger partial charge in [-0.1, -0.05) is 20.8 Å². The molecule has 0 aliphatic heterocycles. The van der Waals surface area contributed by atoms with Gasteiger partial charge in [-0.05, 0) is 43.1 Å². The smallest absolute Gasteiger partial charge is 0.317 e. The van der Waals surface area contributed by atoms with Gasteiger partial charge in [0.2, 0.25) is 0 Å². The zero-order chi connectivity index (χ0) is 12.1. The second kappa shape index (κ2) is 3.73. The fourth-order valence-electron chi connectivity index (χ4n) is 4.03. The maximum atomic E-state index is 10.7. The Morgan fingerprint density at radius 1 is 1.44 bits per heavy atom. The second-order valence-corrected chi connectivity index (χ2v) is 6.33. The Bertz CT molecular complexity index is 300. The van der Waals surface area contributed by atoms with E-state index in [1.54, 1.807) is 0 Å². The lowest BCUT2D eigenvalue weighted by Gasteiger charge is -2.63. The maximum absolute atomic E-state index is 10.7. The van der Waals surface area contributed by atoms with Crippen molar-refractivity contribution >= 4 is 5.97 Å². The van der Waals surface area contributed by atoms with Crippen LogP contribution in [0.5, 0.6) is 0 Å². The van der Waals surface area contributed by atoms with Gasteiger partial charge in [-0.2, -0.15) is 0 Å². The van der Waals surface area contributed by atoms with Crippen molar-refractivity contribution in [2.24, 2.45) is 23.2 Å². The topological polar surface area (TPSA) is 40.5 Å². The molecule has 0 aromatic heterocycles. The van der Waals surface area contributed by atoms with E-state index in [0.29, 0.717) is 17.4 Å². The van der Waals surface area contributed by atoms with Crippen LogP contribution in [0.3, 0.4) is 0 Å². The number of rotatable bonds is 3. The Kier molecular flexibility index (Phi) is 2.77. The number of carboxylic acid groups (broad SMARTS) is 1. The monoisotopic (exact) mass is 225 g/mol. The summed E-state index contributed by atoms with van der Waals surface area (Å²) in [5.74, 6) is 1.50. The summed E-state index contributed by atoms with van der Waals surface area (Å²) in [4.78, 5) is 12.8. The fourth-order valence-corrected chi connectivity index (χ4v) is 4.03. The van der Waals surface area contributed by atoms with Crippen molar-refractivity contribution < 1.29 is 9.90 Å². The first kappa shape index (κ1) is 11.9. The number of nitrogens with zero attached hydrogens (tertiary/aromatic N) is 1. The molecule has 92 valence electrons. The second-order valence-electron chi connectivity index (χ2n) is 6.33.